The fraction of sp³-hybridized carbons (Fsp3) is 0.938. The second kappa shape index (κ2) is 6.97. The summed E-state index contributed by atoms with van der Waals surface area (Å²) in [6, 6.07) is 0.803. The van der Waals surface area contributed by atoms with Gasteiger partial charge >= 0.3 is 6.09 Å². The average Bonchev–Trinajstić information content (AvgIpc) is 3.10. The molecule has 5 heteroatoms. The van der Waals surface area contributed by atoms with E-state index in [0.29, 0.717) is 0 Å². The van der Waals surface area contributed by atoms with E-state index in [1.165, 1.54) is 19.3 Å². The highest BCUT2D eigenvalue weighted by atomic mass is 16.6. The van der Waals surface area contributed by atoms with Crippen molar-refractivity contribution in [3.63, 3.8) is 0 Å². The van der Waals surface area contributed by atoms with E-state index in [4.69, 9.17) is 4.74 Å². The van der Waals surface area contributed by atoms with Crippen LogP contribution in [0.3, 0.4) is 0 Å². The van der Waals surface area contributed by atoms with Gasteiger partial charge in [0.05, 0.1) is 0 Å². The molecule has 2 aliphatic rings. The molecule has 1 amide bonds. The minimum atomic E-state index is -0.418. The van der Waals surface area contributed by atoms with Crippen molar-refractivity contribution in [3.8, 4) is 0 Å². The van der Waals surface area contributed by atoms with Gasteiger partial charge in [-0.25, -0.2) is 4.79 Å². The number of nitrogens with one attached hydrogen (secondary N) is 1. The summed E-state index contributed by atoms with van der Waals surface area (Å²) in [6.07, 6.45) is 3.76. The lowest BCUT2D eigenvalue weighted by Crippen LogP contribution is -2.39. The van der Waals surface area contributed by atoms with Gasteiger partial charge in [0.15, 0.2) is 0 Å². The first kappa shape index (κ1) is 16.6. The smallest absolute Gasteiger partial charge is 0.410 e. The second-order valence-electron chi connectivity index (χ2n) is 7.54. The number of carbonyl (C=O) groups is 1. The molecule has 5 nitrogen and oxygen atoms in total. The lowest BCUT2D eigenvalue weighted by molar-refractivity contribution is 0.0286. The summed E-state index contributed by atoms with van der Waals surface area (Å²) < 4.78 is 5.37. The third-order valence-corrected chi connectivity index (χ3v) is 4.10. The molecule has 0 aromatic rings. The summed E-state index contributed by atoms with van der Waals surface area (Å²) in [7, 11) is 1.82. The van der Waals surface area contributed by atoms with Crippen LogP contribution in [0, 0.1) is 5.92 Å². The van der Waals surface area contributed by atoms with Gasteiger partial charge < -0.3 is 19.9 Å². The van der Waals surface area contributed by atoms with Crippen LogP contribution in [0.1, 0.15) is 40.0 Å². The maximum Gasteiger partial charge on any atom is 0.410 e. The molecular formula is C16H31N3O2. The van der Waals surface area contributed by atoms with Crippen molar-refractivity contribution < 1.29 is 9.53 Å². The van der Waals surface area contributed by atoms with Crippen LogP contribution < -0.4 is 5.32 Å². The molecule has 1 saturated heterocycles. The van der Waals surface area contributed by atoms with Crippen LogP contribution in [0.15, 0.2) is 0 Å². The van der Waals surface area contributed by atoms with Gasteiger partial charge in [-0.1, -0.05) is 0 Å². The Hall–Kier alpha value is -0.810. The standard InChI is InChI=1S/C16H31N3O2/c1-16(2,3)21-15(20)18(4)9-10-19-8-7-13(12-19)11-17-14-5-6-14/h13-14,17H,5-12H2,1-4H3. The predicted octanol–water partition coefficient (Wildman–Crippen LogP) is 1.93. The Morgan fingerprint density at radius 3 is 2.67 bits per heavy atom. The number of ether oxygens (including phenoxy) is 1. The zero-order valence-corrected chi connectivity index (χ0v) is 14.0. The van der Waals surface area contributed by atoms with E-state index in [-0.39, 0.29) is 6.09 Å². The molecule has 0 bridgehead atoms. The van der Waals surface area contributed by atoms with Crippen LogP contribution in [-0.4, -0.2) is 67.3 Å². The summed E-state index contributed by atoms with van der Waals surface area (Å²) >= 11 is 0. The van der Waals surface area contributed by atoms with E-state index in [2.05, 4.69) is 10.2 Å². The molecule has 2 fully saturated rings. The topological polar surface area (TPSA) is 44.8 Å². The van der Waals surface area contributed by atoms with Crippen molar-refractivity contribution in [2.24, 2.45) is 5.92 Å². The van der Waals surface area contributed by atoms with Crippen LogP contribution in [0.25, 0.3) is 0 Å². The molecule has 1 aliphatic carbocycles. The molecule has 1 unspecified atom stereocenters. The Kier molecular flexibility index (Phi) is 5.49. The van der Waals surface area contributed by atoms with Crippen LogP contribution in [-0.2, 0) is 4.74 Å². The first-order valence-corrected chi connectivity index (χ1v) is 8.23. The minimum Gasteiger partial charge on any atom is -0.444 e. The van der Waals surface area contributed by atoms with Crippen molar-refractivity contribution in [1.82, 2.24) is 15.1 Å². The Morgan fingerprint density at radius 1 is 1.33 bits per heavy atom. The Bertz CT molecular complexity index is 350. The maximum absolute atomic E-state index is 11.9. The van der Waals surface area contributed by atoms with E-state index >= 15 is 0 Å². The van der Waals surface area contributed by atoms with Gasteiger partial charge in [-0.3, -0.25) is 0 Å². The van der Waals surface area contributed by atoms with Crippen molar-refractivity contribution in [2.75, 3.05) is 39.8 Å². The highest BCUT2D eigenvalue weighted by Gasteiger charge is 2.26. The van der Waals surface area contributed by atoms with E-state index in [9.17, 15) is 4.79 Å². The first-order valence-electron chi connectivity index (χ1n) is 8.23. The normalized spacial score (nSPS) is 23.3. The average molecular weight is 297 g/mol. The summed E-state index contributed by atoms with van der Waals surface area (Å²) in [5.74, 6) is 0.775. The van der Waals surface area contributed by atoms with Crippen molar-refractivity contribution in [2.45, 2.75) is 51.7 Å². The van der Waals surface area contributed by atoms with Crippen LogP contribution in [0.4, 0.5) is 4.79 Å². The van der Waals surface area contributed by atoms with Crippen molar-refractivity contribution >= 4 is 6.09 Å². The molecular weight excluding hydrogens is 266 g/mol. The molecule has 21 heavy (non-hydrogen) atoms. The third-order valence-electron chi connectivity index (χ3n) is 4.10. The highest BCUT2D eigenvalue weighted by Crippen LogP contribution is 2.21. The number of amides is 1. The highest BCUT2D eigenvalue weighted by molar-refractivity contribution is 5.67. The molecule has 1 heterocycles. The summed E-state index contributed by atoms with van der Waals surface area (Å²) in [4.78, 5) is 16.0. The van der Waals surface area contributed by atoms with Crippen LogP contribution in [0.5, 0.6) is 0 Å². The largest absolute Gasteiger partial charge is 0.444 e. The zero-order chi connectivity index (χ0) is 15.5. The van der Waals surface area contributed by atoms with Gasteiger partial charge in [-0.05, 0) is 59.0 Å². The van der Waals surface area contributed by atoms with Crippen molar-refractivity contribution in [1.29, 1.82) is 0 Å². The molecule has 0 radical (unpaired) electrons. The number of hydrogen-bond donors (Lipinski definition) is 1. The van der Waals surface area contributed by atoms with Gasteiger partial charge in [-0.15, -0.1) is 0 Å². The summed E-state index contributed by atoms with van der Waals surface area (Å²) in [6.45, 7) is 10.8. The van der Waals surface area contributed by atoms with E-state index in [0.717, 1.165) is 44.7 Å². The second-order valence-corrected chi connectivity index (χ2v) is 7.54. The van der Waals surface area contributed by atoms with Crippen LogP contribution in [0.2, 0.25) is 0 Å². The number of carbonyl (C=O) groups excluding carboxylic acids is 1. The van der Waals surface area contributed by atoms with Gasteiger partial charge in [0.2, 0.25) is 0 Å². The van der Waals surface area contributed by atoms with E-state index in [1.807, 2.05) is 27.8 Å². The number of likely N-dealkylation sites (tertiary alicyclic amines) is 1. The fourth-order valence-corrected chi connectivity index (χ4v) is 2.63. The van der Waals surface area contributed by atoms with Gasteiger partial charge in [0, 0.05) is 32.7 Å². The molecule has 0 aromatic heterocycles. The number of hydrogen-bond acceptors (Lipinski definition) is 4. The zero-order valence-electron chi connectivity index (χ0n) is 14.0. The Labute approximate surface area is 129 Å². The first-order chi connectivity index (χ1) is 9.83. The molecule has 1 aliphatic heterocycles. The summed E-state index contributed by atoms with van der Waals surface area (Å²) in [5, 5.41) is 3.62. The maximum atomic E-state index is 11.9. The monoisotopic (exact) mass is 297 g/mol. The number of rotatable bonds is 6. The SMILES string of the molecule is CN(CCN1CCC(CNC2CC2)C1)C(=O)OC(C)(C)C. The number of likely N-dealkylation sites (N-methyl/N-ethyl adjacent to an activating group) is 1. The van der Waals surface area contributed by atoms with Crippen LogP contribution >= 0.6 is 0 Å². The van der Waals surface area contributed by atoms with E-state index in [1.54, 1.807) is 4.90 Å². The van der Waals surface area contributed by atoms with Gasteiger partial charge in [-0.2, -0.15) is 0 Å². The lowest BCUT2D eigenvalue weighted by atomic mass is 10.1. The number of nitrogens with zero attached hydrogens (tertiary/aromatic N) is 2. The molecule has 0 spiro atoms. The molecule has 1 atom stereocenters. The van der Waals surface area contributed by atoms with E-state index < -0.39 is 5.60 Å². The fourth-order valence-electron chi connectivity index (χ4n) is 2.63. The Balaban J connectivity index is 1.60. The Morgan fingerprint density at radius 2 is 2.05 bits per heavy atom. The molecule has 122 valence electrons. The third kappa shape index (κ3) is 6.22. The van der Waals surface area contributed by atoms with Gasteiger partial charge in [0.25, 0.3) is 0 Å². The molecule has 1 N–H and O–H groups in total. The summed E-state index contributed by atoms with van der Waals surface area (Å²) in [5.41, 5.74) is -0.418. The lowest BCUT2D eigenvalue weighted by Gasteiger charge is -2.26. The minimum absolute atomic E-state index is 0.228. The van der Waals surface area contributed by atoms with Gasteiger partial charge in [0.1, 0.15) is 5.60 Å². The predicted molar refractivity (Wildman–Crippen MR) is 84.4 cm³/mol. The molecule has 1 saturated carbocycles. The molecule has 0 aromatic carbocycles. The quantitative estimate of drug-likeness (QED) is 0.813. The molecule has 2 rings (SSSR count). The van der Waals surface area contributed by atoms with Crippen molar-refractivity contribution in [3.05, 3.63) is 0 Å².